The Balaban J connectivity index is 2.06. The number of hydrogen-bond acceptors (Lipinski definition) is 6. The Labute approximate surface area is 117 Å². The second kappa shape index (κ2) is 5.04. The highest BCUT2D eigenvalue weighted by Crippen LogP contribution is 2.29. The van der Waals surface area contributed by atoms with Crippen LogP contribution >= 0.6 is 15.9 Å². The van der Waals surface area contributed by atoms with Crippen LogP contribution in [0.5, 0.6) is 5.88 Å². The van der Waals surface area contributed by atoms with Crippen LogP contribution < -0.4 is 4.74 Å². The molecule has 1 aliphatic rings. The summed E-state index contributed by atoms with van der Waals surface area (Å²) < 4.78 is 16.4. The van der Waals surface area contributed by atoms with Crippen LogP contribution in [0.15, 0.2) is 28.8 Å². The Bertz CT molecular complexity index is 544. The standard InChI is InChI=1S/C11H11BrN2O5/c1-11(2)18-6-8(19-11)5-17-10-9(14(15)16)3-7(12)4-13-10/h3-4,6H,5H2,1-2H3. The second-order valence-corrected chi connectivity index (χ2v) is 5.14. The fourth-order valence-corrected chi connectivity index (χ4v) is 1.75. The summed E-state index contributed by atoms with van der Waals surface area (Å²) in [5.74, 6) is -0.357. The third kappa shape index (κ3) is 3.34. The quantitative estimate of drug-likeness (QED) is 0.623. The van der Waals surface area contributed by atoms with E-state index in [4.69, 9.17) is 14.2 Å². The van der Waals surface area contributed by atoms with E-state index in [1.165, 1.54) is 18.5 Å². The summed E-state index contributed by atoms with van der Waals surface area (Å²) in [6.07, 6.45) is 2.84. The van der Waals surface area contributed by atoms with Crippen LogP contribution in [0, 0.1) is 10.1 Å². The van der Waals surface area contributed by atoms with Crippen LogP contribution in [0.4, 0.5) is 5.69 Å². The molecule has 0 aromatic carbocycles. The number of aromatic nitrogens is 1. The zero-order valence-corrected chi connectivity index (χ0v) is 11.8. The number of nitro groups is 1. The lowest BCUT2D eigenvalue weighted by Gasteiger charge is -2.18. The molecular formula is C11H11BrN2O5. The van der Waals surface area contributed by atoms with Crippen LogP contribution in [0.2, 0.25) is 0 Å². The Morgan fingerprint density at radius 3 is 2.89 bits per heavy atom. The van der Waals surface area contributed by atoms with Gasteiger partial charge in [-0.25, -0.2) is 4.98 Å². The summed E-state index contributed by atoms with van der Waals surface area (Å²) in [7, 11) is 0. The van der Waals surface area contributed by atoms with Crippen molar-refractivity contribution >= 4 is 21.6 Å². The Hall–Kier alpha value is -1.83. The van der Waals surface area contributed by atoms with Gasteiger partial charge in [0.2, 0.25) is 5.79 Å². The minimum Gasteiger partial charge on any atom is -0.465 e. The molecule has 0 aliphatic carbocycles. The number of halogens is 1. The van der Waals surface area contributed by atoms with Gasteiger partial charge < -0.3 is 14.2 Å². The molecular weight excluding hydrogens is 320 g/mol. The van der Waals surface area contributed by atoms with E-state index in [1.54, 1.807) is 13.8 Å². The molecule has 0 saturated carbocycles. The van der Waals surface area contributed by atoms with E-state index < -0.39 is 10.7 Å². The first-order valence-electron chi connectivity index (χ1n) is 5.36. The molecule has 0 bridgehead atoms. The van der Waals surface area contributed by atoms with Gasteiger partial charge in [0.15, 0.2) is 12.4 Å². The van der Waals surface area contributed by atoms with Gasteiger partial charge in [-0.15, -0.1) is 0 Å². The fourth-order valence-electron chi connectivity index (χ4n) is 1.43. The number of hydrogen-bond donors (Lipinski definition) is 0. The van der Waals surface area contributed by atoms with Crippen molar-refractivity contribution < 1.29 is 19.1 Å². The minimum absolute atomic E-state index is 0.0128. The van der Waals surface area contributed by atoms with E-state index in [-0.39, 0.29) is 18.2 Å². The maximum Gasteiger partial charge on any atom is 0.332 e. The molecule has 2 rings (SSSR count). The summed E-state index contributed by atoms with van der Waals surface area (Å²) >= 11 is 3.12. The first-order valence-corrected chi connectivity index (χ1v) is 6.15. The smallest absolute Gasteiger partial charge is 0.332 e. The SMILES string of the molecule is CC1(C)OC=C(COc2ncc(Br)cc2[N+](=O)[O-])O1. The van der Waals surface area contributed by atoms with Gasteiger partial charge in [-0.2, -0.15) is 0 Å². The summed E-state index contributed by atoms with van der Waals surface area (Å²) in [6, 6.07) is 1.33. The monoisotopic (exact) mass is 330 g/mol. The molecule has 0 fully saturated rings. The van der Waals surface area contributed by atoms with Crippen molar-refractivity contribution in [3.05, 3.63) is 38.9 Å². The van der Waals surface area contributed by atoms with Crippen molar-refractivity contribution in [3.63, 3.8) is 0 Å². The largest absolute Gasteiger partial charge is 0.465 e. The predicted octanol–water partition coefficient (Wildman–Crippen LogP) is 2.76. The van der Waals surface area contributed by atoms with Gasteiger partial charge in [0.25, 0.3) is 5.88 Å². The molecule has 7 nitrogen and oxygen atoms in total. The van der Waals surface area contributed by atoms with Gasteiger partial charge in [-0.1, -0.05) is 0 Å². The maximum absolute atomic E-state index is 10.9. The average Bonchev–Trinajstić information content (AvgIpc) is 2.67. The molecule has 1 aliphatic heterocycles. The maximum atomic E-state index is 10.9. The van der Waals surface area contributed by atoms with Crippen molar-refractivity contribution in [1.82, 2.24) is 4.98 Å². The average molecular weight is 331 g/mol. The first-order chi connectivity index (χ1) is 8.87. The van der Waals surface area contributed by atoms with Crippen molar-refractivity contribution in [3.8, 4) is 5.88 Å². The molecule has 0 spiro atoms. The topological polar surface area (TPSA) is 83.7 Å². The predicted molar refractivity (Wildman–Crippen MR) is 68.4 cm³/mol. The highest BCUT2D eigenvalue weighted by Gasteiger charge is 2.28. The van der Waals surface area contributed by atoms with Crippen LogP contribution in [0.1, 0.15) is 13.8 Å². The van der Waals surface area contributed by atoms with Crippen molar-refractivity contribution in [2.45, 2.75) is 19.6 Å². The molecule has 0 amide bonds. The normalized spacial score (nSPS) is 16.3. The minimum atomic E-state index is -0.738. The van der Waals surface area contributed by atoms with E-state index in [2.05, 4.69) is 20.9 Å². The van der Waals surface area contributed by atoms with Gasteiger partial charge >= 0.3 is 5.69 Å². The molecule has 19 heavy (non-hydrogen) atoms. The van der Waals surface area contributed by atoms with Gasteiger partial charge in [-0.05, 0) is 15.9 Å². The van der Waals surface area contributed by atoms with Gasteiger partial charge in [0.05, 0.1) is 4.92 Å². The molecule has 8 heteroatoms. The summed E-state index contributed by atoms with van der Waals surface area (Å²) in [5.41, 5.74) is -0.215. The lowest BCUT2D eigenvalue weighted by Crippen LogP contribution is -2.21. The van der Waals surface area contributed by atoms with Gasteiger partial charge in [0.1, 0.15) is 6.26 Å². The number of pyridine rings is 1. The Morgan fingerprint density at radius 1 is 1.58 bits per heavy atom. The molecule has 0 radical (unpaired) electrons. The third-order valence-corrected chi connectivity index (χ3v) is 2.63. The second-order valence-electron chi connectivity index (χ2n) is 4.23. The third-order valence-electron chi connectivity index (χ3n) is 2.20. The Kier molecular flexibility index (Phi) is 3.61. The summed E-state index contributed by atoms with van der Waals surface area (Å²) in [6.45, 7) is 3.51. The fraction of sp³-hybridized carbons (Fsp3) is 0.364. The van der Waals surface area contributed by atoms with Crippen molar-refractivity contribution in [1.29, 1.82) is 0 Å². The van der Waals surface area contributed by atoms with Crippen molar-refractivity contribution in [2.75, 3.05) is 6.61 Å². The number of rotatable bonds is 4. The first kappa shape index (κ1) is 13.6. The lowest BCUT2D eigenvalue weighted by atomic mass is 10.4. The molecule has 2 heterocycles. The van der Waals surface area contributed by atoms with Crippen LogP contribution in [-0.4, -0.2) is 22.3 Å². The molecule has 1 aromatic heterocycles. The van der Waals surface area contributed by atoms with Crippen LogP contribution in [0.3, 0.4) is 0 Å². The Morgan fingerprint density at radius 2 is 2.32 bits per heavy atom. The van der Waals surface area contributed by atoms with Gasteiger partial charge in [-0.3, -0.25) is 10.1 Å². The zero-order valence-electron chi connectivity index (χ0n) is 10.3. The highest BCUT2D eigenvalue weighted by atomic mass is 79.9. The molecule has 0 N–H and O–H groups in total. The van der Waals surface area contributed by atoms with Crippen LogP contribution in [0.25, 0.3) is 0 Å². The van der Waals surface area contributed by atoms with E-state index >= 15 is 0 Å². The van der Waals surface area contributed by atoms with Gasteiger partial charge in [0, 0.05) is 30.6 Å². The molecule has 0 saturated heterocycles. The van der Waals surface area contributed by atoms with E-state index in [0.29, 0.717) is 10.2 Å². The summed E-state index contributed by atoms with van der Waals surface area (Å²) in [5, 5.41) is 10.9. The summed E-state index contributed by atoms with van der Waals surface area (Å²) in [4.78, 5) is 14.2. The number of nitrogens with zero attached hydrogens (tertiary/aromatic N) is 2. The van der Waals surface area contributed by atoms with Crippen molar-refractivity contribution in [2.24, 2.45) is 0 Å². The molecule has 0 unspecified atom stereocenters. The van der Waals surface area contributed by atoms with Crippen LogP contribution in [-0.2, 0) is 9.47 Å². The van der Waals surface area contributed by atoms with E-state index in [1.807, 2.05) is 0 Å². The zero-order chi connectivity index (χ0) is 14.0. The molecule has 0 atom stereocenters. The molecule has 102 valence electrons. The van der Waals surface area contributed by atoms with E-state index in [9.17, 15) is 10.1 Å². The lowest BCUT2D eigenvalue weighted by molar-refractivity contribution is -0.386. The molecule has 1 aromatic rings. The number of ether oxygens (including phenoxy) is 3. The highest BCUT2D eigenvalue weighted by molar-refractivity contribution is 9.10. The van der Waals surface area contributed by atoms with E-state index in [0.717, 1.165) is 0 Å².